The molecular formula is C24H23NO7. The fourth-order valence-electron chi connectivity index (χ4n) is 3.11. The highest BCUT2D eigenvalue weighted by Gasteiger charge is 2.17. The first-order chi connectivity index (χ1) is 15.3. The molecule has 1 aromatic heterocycles. The summed E-state index contributed by atoms with van der Waals surface area (Å²) < 4.78 is 20.7. The Kier molecular flexibility index (Phi) is 6.94. The van der Waals surface area contributed by atoms with Gasteiger partial charge in [-0.05, 0) is 67.4 Å². The molecule has 0 unspecified atom stereocenters. The first-order valence-electron chi connectivity index (χ1n) is 9.72. The normalized spacial score (nSPS) is 10.4. The van der Waals surface area contributed by atoms with Gasteiger partial charge in [-0.15, -0.1) is 0 Å². The van der Waals surface area contributed by atoms with Gasteiger partial charge in [0.05, 0.1) is 25.3 Å². The average Bonchev–Trinajstić information content (AvgIpc) is 3.25. The molecule has 32 heavy (non-hydrogen) atoms. The van der Waals surface area contributed by atoms with E-state index in [1.165, 1.54) is 38.5 Å². The summed E-state index contributed by atoms with van der Waals surface area (Å²) in [5.74, 6) is -0.648. The quantitative estimate of drug-likeness (QED) is 0.550. The summed E-state index contributed by atoms with van der Waals surface area (Å²) >= 11 is 0. The molecule has 0 radical (unpaired) electrons. The summed E-state index contributed by atoms with van der Waals surface area (Å²) in [6.45, 7) is 4.12. The molecule has 0 aliphatic carbocycles. The molecule has 8 heteroatoms. The molecule has 2 aromatic carbocycles. The van der Waals surface area contributed by atoms with Crippen LogP contribution in [-0.2, 0) is 16.1 Å². The van der Waals surface area contributed by atoms with Crippen molar-refractivity contribution in [1.29, 1.82) is 0 Å². The molecule has 0 spiro atoms. The Bertz CT molecular complexity index is 1110. The minimum absolute atomic E-state index is 0.0483. The van der Waals surface area contributed by atoms with E-state index in [2.05, 4.69) is 5.32 Å². The maximum atomic E-state index is 12.6. The molecule has 3 rings (SSSR count). The Morgan fingerprint density at radius 3 is 2.00 bits per heavy atom. The van der Waals surface area contributed by atoms with Gasteiger partial charge in [0, 0.05) is 5.69 Å². The third-order valence-electron chi connectivity index (χ3n) is 4.49. The Labute approximate surface area is 185 Å². The van der Waals surface area contributed by atoms with Crippen LogP contribution in [0, 0.1) is 13.8 Å². The third kappa shape index (κ3) is 5.54. The number of amides is 1. The molecule has 166 valence electrons. The Hall–Kier alpha value is -4.07. The monoisotopic (exact) mass is 437 g/mol. The molecule has 8 nitrogen and oxygen atoms in total. The van der Waals surface area contributed by atoms with Gasteiger partial charge in [-0.3, -0.25) is 4.79 Å². The number of esters is 2. The zero-order valence-corrected chi connectivity index (χ0v) is 18.2. The van der Waals surface area contributed by atoms with Crippen molar-refractivity contribution in [2.75, 3.05) is 19.5 Å². The predicted molar refractivity (Wildman–Crippen MR) is 116 cm³/mol. The summed E-state index contributed by atoms with van der Waals surface area (Å²) in [6.07, 6.45) is 0. The van der Waals surface area contributed by atoms with E-state index < -0.39 is 17.8 Å². The van der Waals surface area contributed by atoms with E-state index in [-0.39, 0.29) is 29.2 Å². The van der Waals surface area contributed by atoms with Gasteiger partial charge in [-0.1, -0.05) is 6.07 Å². The van der Waals surface area contributed by atoms with Crippen LogP contribution in [0.25, 0.3) is 0 Å². The van der Waals surface area contributed by atoms with Crippen LogP contribution in [0.15, 0.2) is 52.9 Å². The second-order valence-electron chi connectivity index (χ2n) is 7.11. The van der Waals surface area contributed by atoms with Crippen molar-refractivity contribution in [2.45, 2.75) is 20.5 Å². The van der Waals surface area contributed by atoms with E-state index in [1.807, 2.05) is 32.0 Å². The molecule has 3 aromatic rings. The number of anilines is 1. The summed E-state index contributed by atoms with van der Waals surface area (Å²) in [4.78, 5) is 36.4. The van der Waals surface area contributed by atoms with Gasteiger partial charge in [0.15, 0.2) is 5.76 Å². The van der Waals surface area contributed by atoms with Crippen molar-refractivity contribution in [2.24, 2.45) is 0 Å². The smallest absolute Gasteiger partial charge is 0.337 e. The maximum absolute atomic E-state index is 12.6. The molecule has 0 saturated carbocycles. The Balaban J connectivity index is 1.72. The number of carbonyl (C=O) groups excluding carboxylic acids is 3. The molecular weight excluding hydrogens is 414 g/mol. The molecule has 0 aliphatic heterocycles. The van der Waals surface area contributed by atoms with Crippen LogP contribution in [0.4, 0.5) is 5.69 Å². The van der Waals surface area contributed by atoms with Gasteiger partial charge < -0.3 is 23.9 Å². The van der Waals surface area contributed by atoms with Gasteiger partial charge in [-0.25, -0.2) is 9.59 Å². The average molecular weight is 437 g/mol. The number of hydrogen-bond acceptors (Lipinski definition) is 7. The molecule has 1 heterocycles. The van der Waals surface area contributed by atoms with Crippen molar-refractivity contribution < 1.29 is 33.0 Å². The van der Waals surface area contributed by atoms with E-state index >= 15 is 0 Å². The van der Waals surface area contributed by atoms with Crippen LogP contribution in [0.2, 0.25) is 0 Å². The van der Waals surface area contributed by atoms with E-state index in [0.29, 0.717) is 11.5 Å². The summed E-state index contributed by atoms with van der Waals surface area (Å²) in [7, 11) is 2.44. The molecule has 0 atom stereocenters. The second kappa shape index (κ2) is 9.82. The summed E-state index contributed by atoms with van der Waals surface area (Å²) in [6, 6.07) is 13.1. The van der Waals surface area contributed by atoms with Crippen LogP contribution in [0.3, 0.4) is 0 Å². The van der Waals surface area contributed by atoms with Crippen molar-refractivity contribution >= 4 is 23.5 Å². The fraction of sp³-hybridized carbons (Fsp3) is 0.208. The number of nitrogens with one attached hydrogen (secondary N) is 1. The van der Waals surface area contributed by atoms with E-state index in [9.17, 15) is 14.4 Å². The van der Waals surface area contributed by atoms with Crippen molar-refractivity contribution in [3.05, 3.63) is 82.3 Å². The minimum Gasteiger partial charge on any atom is -0.486 e. The third-order valence-corrected chi connectivity index (χ3v) is 4.49. The van der Waals surface area contributed by atoms with Gasteiger partial charge in [0.2, 0.25) is 0 Å². The molecule has 1 N–H and O–H groups in total. The fourth-order valence-corrected chi connectivity index (χ4v) is 3.11. The number of furan rings is 1. The highest BCUT2D eigenvalue weighted by atomic mass is 16.5. The lowest BCUT2D eigenvalue weighted by atomic mass is 10.1. The number of ether oxygens (including phenoxy) is 3. The van der Waals surface area contributed by atoms with Crippen LogP contribution in [0.1, 0.15) is 48.2 Å². The van der Waals surface area contributed by atoms with E-state index in [1.54, 1.807) is 6.07 Å². The Morgan fingerprint density at radius 2 is 1.44 bits per heavy atom. The number of methoxy groups -OCH3 is 2. The molecule has 0 saturated heterocycles. The lowest BCUT2D eigenvalue weighted by Gasteiger charge is -2.09. The van der Waals surface area contributed by atoms with Gasteiger partial charge in [0.25, 0.3) is 5.91 Å². The predicted octanol–water partition coefficient (Wildman–Crippen LogP) is 4.30. The lowest BCUT2D eigenvalue weighted by molar-refractivity contribution is 0.0599. The van der Waals surface area contributed by atoms with Crippen LogP contribution in [0.5, 0.6) is 5.75 Å². The first kappa shape index (κ1) is 22.6. The standard InChI is InChI=1S/C24H23NO7/c1-14-7-15(2)9-20(8-14)31-13-19-5-6-21(32-19)22(26)25-18-11-16(23(27)29-3)10-17(12-18)24(28)30-4/h5-12H,13H2,1-4H3,(H,25,26). The number of carbonyl (C=O) groups is 3. The zero-order valence-electron chi connectivity index (χ0n) is 18.2. The molecule has 0 aliphatic rings. The number of hydrogen-bond donors (Lipinski definition) is 1. The lowest BCUT2D eigenvalue weighted by Crippen LogP contribution is -2.13. The zero-order chi connectivity index (χ0) is 23.3. The topological polar surface area (TPSA) is 104 Å². The SMILES string of the molecule is COC(=O)c1cc(NC(=O)c2ccc(COc3cc(C)cc(C)c3)o2)cc(C(=O)OC)c1. The summed E-state index contributed by atoms with van der Waals surface area (Å²) in [5.41, 5.74) is 2.56. The molecule has 0 bridgehead atoms. The van der Waals surface area contributed by atoms with E-state index in [0.717, 1.165) is 11.1 Å². The van der Waals surface area contributed by atoms with E-state index in [4.69, 9.17) is 18.6 Å². The molecule has 0 fully saturated rings. The van der Waals surface area contributed by atoms with Crippen molar-refractivity contribution in [3.63, 3.8) is 0 Å². The van der Waals surface area contributed by atoms with Crippen LogP contribution in [-0.4, -0.2) is 32.1 Å². The number of rotatable bonds is 7. The minimum atomic E-state index is -0.657. The largest absolute Gasteiger partial charge is 0.486 e. The number of aryl methyl sites for hydroxylation is 2. The summed E-state index contributed by atoms with van der Waals surface area (Å²) in [5, 5.41) is 2.61. The van der Waals surface area contributed by atoms with Gasteiger partial charge >= 0.3 is 11.9 Å². The highest BCUT2D eigenvalue weighted by molar-refractivity contribution is 6.04. The van der Waals surface area contributed by atoms with Crippen molar-refractivity contribution in [3.8, 4) is 5.75 Å². The Morgan fingerprint density at radius 1 is 0.844 bits per heavy atom. The second-order valence-corrected chi connectivity index (χ2v) is 7.11. The maximum Gasteiger partial charge on any atom is 0.337 e. The molecule has 1 amide bonds. The van der Waals surface area contributed by atoms with Gasteiger partial charge in [-0.2, -0.15) is 0 Å². The van der Waals surface area contributed by atoms with Crippen LogP contribution < -0.4 is 10.1 Å². The van der Waals surface area contributed by atoms with Crippen molar-refractivity contribution in [1.82, 2.24) is 0 Å². The number of benzene rings is 2. The first-order valence-corrected chi connectivity index (χ1v) is 9.72. The highest BCUT2D eigenvalue weighted by Crippen LogP contribution is 2.20. The van der Waals surface area contributed by atoms with Crippen LogP contribution >= 0.6 is 0 Å². The van der Waals surface area contributed by atoms with Gasteiger partial charge in [0.1, 0.15) is 18.1 Å².